The molecule has 0 aliphatic heterocycles. The molecule has 0 saturated carbocycles. The van der Waals surface area contributed by atoms with E-state index in [0.29, 0.717) is 17.3 Å². The van der Waals surface area contributed by atoms with Crippen molar-refractivity contribution < 1.29 is 9.47 Å². The molecule has 3 heterocycles. The summed E-state index contributed by atoms with van der Waals surface area (Å²) in [5.41, 5.74) is 9.86. The van der Waals surface area contributed by atoms with Gasteiger partial charge < -0.3 is 15.2 Å². The summed E-state index contributed by atoms with van der Waals surface area (Å²) in [7, 11) is 3.22. The van der Waals surface area contributed by atoms with Crippen molar-refractivity contribution in [2.45, 2.75) is 6.04 Å². The van der Waals surface area contributed by atoms with Gasteiger partial charge in [-0.05, 0) is 35.9 Å². The van der Waals surface area contributed by atoms with Crippen molar-refractivity contribution in [2.24, 2.45) is 5.73 Å². The summed E-state index contributed by atoms with van der Waals surface area (Å²) in [5, 5.41) is 0. The van der Waals surface area contributed by atoms with Crippen LogP contribution in [0.3, 0.4) is 0 Å². The van der Waals surface area contributed by atoms with Crippen molar-refractivity contribution >= 4 is 5.65 Å². The molecule has 0 saturated heterocycles. The number of benzene rings is 1. The number of nitrogens with zero attached hydrogens (tertiary/aromatic N) is 4. The van der Waals surface area contributed by atoms with E-state index in [9.17, 15) is 0 Å². The molecular weight excluding hydrogens is 342 g/mol. The summed E-state index contributed by atoms with van der Waals surface area (Å²) in [6.07, 6.45) is 7.03. The summed E-state index contributed by atoms with van der Waals surface area (Å²) in [5.74, 6) is 2.00. The smallest absolute Gasteiger partial charge is 0.161 e. The first-order valence-corrected chi connectivity index (χ1v) is 8.43. The first kappa shape index (κ1) is 17.0. The number of hydrogen-bond donors (Lipinski definition) is 1. The molecule has 0 aliphatic rings. The van der Waals surface area contributed by atoms with Gasteiger partial charge >= 0.3 is 0 Å². The van der Waals surface area contributed by atoms with E-state index in [-0.39, 0.29) is 0 Å². The highest BCUT2D eigenvalue weighted by molar-refractivity contribution is 5.67. The maximum atomic E-state index is 6.51. The highest BCUT2D eigenvalue weighted by Crippen LogP contribution is 2.32. The van der Waals surface area contributed by atoms with Crippen molar-refractivity contribution in [1.82, 2.24) is 19.4 Å². The highest BCUT2D eigenvalue weighted by Gasteiger charge is 2.17. The molecule has 7 heteroatoms. The lowest BCUT2D eigenvalue weighted by molar-refractivity contribution is 0.355. The Morgan fingerprint density at radius 3 is 2.48 bits per heavy atom. The van der Waals surface area contributed by atoms with Crippen LogP contribution < -0.4 is 15.2 Å². The third-order valence-electron chi connectivity index (χ3n) is 4.44. The zero-order valence-corrected chi connectivity index (χ0v) is 15.0. The molecule has 4 aromatic rings. The molecule has 1 unspecified atom stereocenters. The van der Waals surface area contributed by atoms with E-state index >= 15 is 0 Å². The largest absolute Gasteiger partial charge is 0.493 e. The van der Waals surface area contributed by atoms with Gasteiger partial charge in [-0.15, -0.1) is 0 Å². The lowest BCUT2D eigenvalue weighted by Gasteiger charge is -2.15. The highest BCUT2D eigenvalue weighted by atomic mass is 16.5. The van der Waals surface area contributed by atoms with Crippen LogP contribution in [0.1, 0.15) is 17.4 Å². The van der Waals surface area contributed by atoms with Gasteiger partial charge in [-0.25, -0.2) is 9.97 Å². The van der Waals surface area contributed by atoms with E-state index in [1.807, 2.05) is 47.0 Å². The molecule has 27 heavy (non-hydrogen) atoms. The zero-order valence-electron chi connectivity index (χ0n) is 15.0. The third-order valence-corrected chi connectivity index (χ3v) is 4.44. The van der Waals surface area contributed by atoms with Crippen LogP contribution in [0, 0.1) is 0 Å². The first-order chi connectivity index (χ1) is 13.2. The molecule has 0 amide bonds. The first-order valence-electron chi connectivity index (χ1n) is 8.43. The van der Waals surface area contributed by atoms with E-state index in [1.54, 1.807) is 32.8 Å². The summed E-state index contributed by atoms with van der Waals surface area (Å²) < 4.78 is 12.6. The minimum absolute atomic E-state index is 0.412. The van der Waals surface area contributed by atoms with Crippen LogP contribution >= 0.6 is 0 Å². The molecule has 0 fully saturated rings. The average molecular weight is 361 g/mol. The Kier molecular flexibility index (Phi) is 4.43. The number of fused-ring (bicyclic) bond motifs is 1. The number of ether oxygens (including phenoxy) is 2. The van der Waals surface area contributed by atoms with Crippen LogP contribution in [0.5, 0.6) is 11.5 Å². The topological polar surface area (TPSA) is 87.6 Å². The Morgan fingerprint density at radius 1 is 0.963 bits per heavy atom. The standard InChI is InChI=1S/C20H19N5O2/c1-26-16-4-3-14(11-17(16)27-2)15-12-18-23-9-10-25(18)20(24-15)19(21)13-5-7-22-8-6-13/h3-12,19H,21H2,1-2H3. The fraction of sp³-hybridized carbons (Fsp3) is 0.150. The minimum Gasteiger partial charge on any atom is -0.493 e. The van der Waals surface area contributed by atoms with E-state index in [4.69, 9.17) is 20.2 Å². The van der Waals surface area contributed by atoms with E-state index < -0.39 is 6.04 Å². The predicted molar refractivity (Wildman–Crippen MR) is 102 cm³/mol. The minimum atomic E-state index is -0.412. The second kappa shape index (κ2) is 7.05. The molecule has 1 atom stereocenters. The fourth-order valence-electron chi connectivity index (χ4n) is 3.03. The predicted octanol–water partition coefficient (Wildman–Crippen LogP) is 2.86. The van der Waals surface area contributed by atoms with Gasteiger partial charge in [0.1, 0.15) is 11.5 Å². The van der Waals surface area contributed by atoms with Gasteiger partial charge in [0.15, 0.2) is 11.5 Å². The van der Waals surface area contributed by atoms with Gasteiger partial charge in [0.25, 0.3) is 0 Å². The molecule has 136 valence electrons. The molecule has 0 radical (unpaired) electrons. The van der Waals surface area contributed by atoms with E-state index in [1.165, 1.54) is 0 Å². The molecule has 4 rings (SSSR count). The second-order valence-electron chi connectivity index (χ2n) is 5.98. The van der Waals surface area contributed by atoms with Gasteiger partial charge in [-0.2, -0.15) is 0 Å². The number of imidazole rings is 1. The second-order valence-corrected chi connectivity index (χ2v) is 5.98. The Hall–Kier alpha value is -3.45. The molecule has 0 aliphatic carbocycles. The Balaban J connectivity index is 1.86. The molecule has 7 nitrogen and oxygen atoms in total. The number of hydrogen-bond acceptors (Lipinski definition) is 6. The van der Waals surface area contributed by atoms with Gasteiger partial charge in [-0.1, -0.05) is 0 Å². The van der Waals surface area contributed by atoms with Crippen LogP contribution in [0.15, 0.2) is 61.2 Å². The lowest BCUT2D eigenvalue weighted by Crippen LogP contribution is -2.18. The summed E-state index contributed by atoms with van der Waals surface area (Å²) >= 11 is 0. The van der Waals surface area contributed by atoms with Crippen LogP contribution in [-0.2, 0) is 0 Å². The number of nitrogens with two attached hydrogens (primary N) is 1. The summed E-state index contributed by atoms with van der Waals surface area (Å²) in [6.45, 7) is 0. The zero-order chi connectivity index (χ0) is 18.8. The molecule has 1 aromatic carbocycles. The Morgan fingerprint density at radius 2 is 1.74 bits per heavy atom. The van der Waals surface area contributed by atoms with Crippen LogP contribution in [0.4, 0.5) is 0 Å². The molecule has 0 bridgehead atoms. The number of aromatic nitrogens is 4. The van der Waals surface area contributed by atoms with Gasteiger partial charge in [0, 0.05) is 36.4 Å². The quantitative estimate of drug-likeness (QED) is 0.588. The number of methoxy groups -OCH3 is 2. The van der Waals surface area contributed by atoms with Gasteiger partial charge in [-0.3, -0.25) is 9.38 Å². The Labute approximate surface area is 156 Å². The fourth-order valence-corrected chi connectivity index (χ4v) is 3.03. The summed E-state index contributed by atoms with van der Waals surface area (Å²) in [4.78, 5) is 13.3. The normalized spacial score (nSPS) is 12.1. The molecular formula is C20H19N5O2. The van der Waals surface area contributed by atoms with Crippen molar-refractivity contribution in [3.63, 3.8) is 0 Å². The SMILES string of the molecule is COc1ccc(-c2cc3nccn3c(C(N)c3ccncc3)n2)cc1OC. The van der Waals surface area contributed by atoms with E-state index in [2.05, 4.69) is 9.97 Å². The van der Waals surface area contributed by atoms with Crippen molar-refractivity contribution in [1.29, 1.82) is 0 Å². The molecule has 2 N–H and O–H groups in total. The van der Waals surface area contributed by atoms with Crippen molar-refractivity contribution in [3.8, 4) is 22.8 Å². The average Bonchev–Trinajstić information content (AvgIpc) is 3.21. The lowest BCUT2D eigenvalue weighted by atomic mass is 10.1. The maximum Gasteiger partial charge on any atom is 0.161 e. The van der Waals surface area contributed by atoms with Crippen LogP contribution in [0.25, 0.3) is 16.9 Å². The Bertz CT molecular complexity index is 1080. The third kappa shape index (κ3) is 3.09. The summed E-state index contributed by atoms with van der Waals surface area (Å²) in [6, 6.07) is 11.0. The van der Waals surface area contributed by atoms with Crippen LogP contribution in [0.2, 0.25) is 0 Å². The maximum absolute atomic E-state index is 6.51. The molecule has 0 spiro atoms. The van der Waals surface area contributed by atoms with Crippen molar-refractivity contribution in [3.05, 3.63) is 72.6 Å². The van der Waals surface area contributed by atoms with Crippen molar-refractivity contribution in [2.75, 3.05) is 14.2 Å². The number of rotatable bonds is 5. The number of pyridine rings is 1. The van der Waals surface area contributed by atoms with Gasteiger partial charge in [0.2, 0.25) is 0 Å². The molecule has 3 aromatic heterocycles. The van der Waals surface area contributed by atoms with Crippen LogP contribution in [-0.4, -0.2) is 33.6 Å². The van der Waals surface area contributed by atoms with Gasteiger partial charge in [0.05, 0.1) is 26.0 Å². The monoisotopic (exact) mass is 361 g/mol. The van der Waals surface area contributed by atoms with E-state index in [0.717, 1.165) is 22.5 Å².